The van der Waals surface area contributed by atoms with Crippen molar-refractivity contribution >= 4 is 33.0 Å². The molecule has 0 atom stereocenters. The van der Waals surface area contributed by atoms with Gasteiger partial charge < -0.3 is 5.32 Å². The summed E-state index contributed by atoms with van der Waals surface area (Å²) in [7, 11) is 0. The van der Waals surface area contributed by atoms with Gasteiger partial charge in [-0.2, -0.15) is 0 Å². The molecule has 2 aromatic rings. The van der Waals surface area contributed by atoms with Gasteiger partial charge in [0, 0.05) is 15.0 Å². The van der Waals surface area contributed by atoms with Gasteiger partial charge in [0.1, 0.15) is 0 Å². The smallest absolute Gasteiger partial charge is 0.0505 e. The standard InChI is InChI=1S/C13H14BrNS/c1-9-3-4-12(10(2)7-9)15-8-13-11(14)5-6-16-13/h3-7,15H,8H2,1-2H3. The van der Waals surface area contributed by atoms with Crippen LogP contribution in [-0.2, 0) is 6.54 Å². The van der Waals surface area contributed by atoms with Gasteiger partial charge in [0.25, 0.3) is 0 Å². The Morgan fingerprint density at radius 1 is 1.25 bits per heavy atom. The molecule has 0 aliphatic rings. The van der Waals surface area contributed by atoms with E-state index in [9.17, 15) is 0 Å². The van der Waals surface area contributed by atoms with Crippen LogP contribution >= 0.6 is 27.3 Å². The summed E-state index contributed by atoms with van der Waals surface area (Å²) in [6.45, 7) is 5.13. The topological polar surface area (TPSA) is 12.0 Å². The summed E-state index contributed by atoms with van der Waals surface area (Å²) in [6.07, 6.45) is 0. The second-order valence-electron chi connectivity index (χ2n) is 3.86. The number of aryl methyl sites for hydroxylation is 2. The first kappa shape index (κ1) is 11.7. The minimum atomic E-state index is 0.877. The number of thiophene rings is 1. The number of halogens is 1. The lowest BCUT2D eigenvalue weighted by Gasteiger charge is -2.09. The van der Waals surface area contributed by atoms with E-state index in [1.165, 1.54) is 26.2 Å². The van der Waals surface area contributed by atoms with E-state index >= 15 is 0 Å². The molecule has 84 valence electrons. The second-order valence-corrected chi connectivity index (χ2v) is 5.72. The molecule has 1 N–H and O–H groups in total. The predicted octanol–water partition coefficient (Wildman–Crippen LogP) is 4.74. The van der Waals surface area contributed by atoms with Gasteiger partial charge in [-0.15, -0.1) is 11.3 Å². The highest BCUT2D eigenvalue weighted by Crippen LogP contribution is 2.24. The molecule has 1 aromatic heterocycles. The number of benzene rings is 1. The van der Waals surface area contributed by atoms with Crippen molar-refractivity contribution in [2.24, 2.45) is 0 Å². The molecule has 16 heavy (non-hydrogen) atoms. The first-order valence-corrected chi connectivity index (χ1v) is 6.87. The van der Waals surface area contributed by atoms with E-state index in [2.05, 4.69) is 64.7 Å². The minimum Gasteiger partial charge on any atom is -0.380 e. The Bertz CT molecular complexity index is 490. The van der Waals surface area contributed by atoms with E-state index in [1.54, 1.807) is 11.3 Å². The maximum atomic E-state index is 3.54. The van der Waals surface area contributed by atoms with Crippen molar-refractivity contribution in [1.29, 1.82) is 0 Å². The fourth-order valence-electron chi connectivity index (χ4n) is 1.64. The maximum Gasteiger partial charge on any atom is 0.0505 e. The lowest BCUT2D eigenvalue weighted by molar-refractivity contribution is 1.17. The van der Waals surface area contributed by atoms with Crippen molar-refractivity contribution in [2.75, 3.05) is 5.32 Å². The van der Waals surface area contributed by atoms with Crippen molar-refractivity contribution in [1.82, 2.24) is 0 Å². The average Bonchev–Trinajstić information content (AvgIpc) is 2.63. The normalized spacial score (nSPS) is 10.4. The van der Waals surface area contributed by atoms with E-state index in [4.69, 9.17) is 0 Å². The molecule has 1 heterocycles. The van der Waals surface area contributed by atoms with E-state index in [0.29, 0.717) is 0 Å². The Balaban J connectivity index is 2.08. The van der Waals surface area contributed by atoms with Crippen LogP contribution in [0.2, 0.25) is 0 Å². The Morgan fingerprint density at radius 3 is 2.69 bits per heavy atom. The van der Waals surface area contributed by atoms with Crippen molar-refractivity contribution in [3.05, 3.63) is 50.1 Å². The molecule has 3 heteroatoms. The third-order valence-corrected chi connectivity index (χ3v) is 4.44. The SMILES string of the molecule is Cc1ccc(NCc2sccc2Br)c(C)c1. The molecule has 0 aliphatic heterocycles. The van der Waals surface area contributed by atoms with Crippen LogP contribution in [-0.4, -0.2) is 0 Å². The Morgan fingerprint density at radius 2 is 2.06 bits per heavy atom. The molecule has 0 unspecified atom stereocenters. The molecule has 1 aromatic carbocycles. The van der Waals surface area contributed by atoms with Crippen LogP contribution in [0.1, 0.15) is 16.0 Å². The summed E-state index contributed by atoms with van der Waals surface area (Å²) in [6, 6.07) is 8.57. The Hall–Kier alpha value is -0.800. The molecule has 0 saturated carbocycles. The lowest BCUT2D eigenvalue weighted by atomic mass is 10.1. The predicted molar refractivity (Wildman–Crippen MR) is 75.3 cm³/mol. The zero-order chi connectivity index (χ0) is 11.5. The fourth-order valence-corrected chi connectivity index (χ4v) is 3.07. The Kier molecular flexibility index (Phi) is 3.66. The summed E-state index contributed by atoms with van der Waals surface area (Å²) in [5.74, 6) is 0. The summed E-state index contributed by atoms with van der Waals surface area (Å²) >= 11 is 5.31. The highest BCUT2D eigenvalue weighted by molar-refractivity contribution is 9.10. The summed E-state index contributed by atoms with van der Waals surface area (Å²) < 4.78 is 1.19. The average molecular weight is 296 g/mol. The van der Waals surface area contributed by atoms with Gasteiger partial charge in [0.05, 0.1) is 6.54 Å². The molecule has 1 nitrogen and oxygen atoms in total. The van der Waals surface area contributed by atoms with E-state index < -0.39 is 0 Å². The van der Waals surface area contributed by atoms with Crippen LogP contribution in [0.5, 0.6) is 0 Å². The maximum absolute atomic E-state index is 3.54. The third kappa shape index (κ3) is 2.66. The van der Waals surface area contributed by atoms with Gasteiger partial charge >= 0.3 is 0 Å². The molecule has 0 saturated heterocycles. The number of anilines is 1. The zero-order valence-electron chi connectivity index (χ0n) is 9.38. The van der Waals surface area contributed by atoms with Gasteiger partial charge in [-0.3, -0.25) is 0 Å². The van der Waals surface area contributed by atoms with Crippen molar-refractivity contribution in [3.8, 4) is 0 Å². The van der Waals surface area contributed by atoms with Gasteiger partial charge in [-0.05, 0) is 52.9 Å². The number of hydrogen-bond donors (Lipinski definition) is 1. The van der Waals surface area contributed by atoms with Gasteiger partial charge in [0.2, 0.25) is 0 Å². The lowest BCUT2D eigenvalue weighted by Crippen LogP contribution is -1.99. The molecule has 2 rings (SSSR count). The van der Waals surface area contributed by atoms with Crippen molar-refractivity contribution in [2.45, 2.75) is 20.4 Å². The molecule has 0 amide bonds. The fraction of sp³-hybridized carbons (Fsp3) is 0.231. The second kappa shape index (κ2) is 5.02. The highest BCUT2D eigenvalue weighted by Gasteiger charge is 2.02. The molecule has 0 bridgehead atoms. The van der Waals surface area contributed by atoms with E-state index in [-0.39, 0.29) is 0 Å². The number of hydrogen-bond acceptors (Lipinski definition) is 2. The molecular formula is C13H14BrNS. The highest BCUT2D eigenvalue weighted by atomic mass is 79.9. The van der Waals surface area contributed by atoms with Crippen molar-refractivity contribution < 1.29 is 0 Å². The van der Waals surface area contributed by atoms with Gasteiger partial charge in [-0.1, -0.05) is 17.7 Å². The number of nitrogens with one attached hydrogen (secondary N) is 1. The third-order valence-electron chi connectivity index (χ3n) is 2.51. The monoisotopic (exact) mass is 295 g/mol. The molecular weight excluding hydrogens is 282 g/mol. The number of rotatable bonds is 3. The van der Waals surface area contributed by atoms with Gasteiger partial charge in [0.15, 0.2) is 0 Å². The Labute approximate surface area is 109 Å². The van der Waals surface area contributed by atoms with E-state index in [1.807, 2.05) is 0 Å². The first-order valence-electron chi connectivity index (χ1n) is 5.20. The van der Waals surface area contributed by atoms with Crippen LogP contribution in [0.3, 0.4) is 0 Å². The zero-order valence-corrected chi connectivity index (χ0v) is 11.8. The van der Waals surface area contributed by atoms with Crippen LogP contribution in [0.4, 0.5) is 5.69 Å². The van der Waals surface area contributed by atoms with Crippen LogP contribution in [0.25, 0.3) is 0 Å². The largest absolute Gasteiger partial charge is 0.380 e. The minimum absolute atomic E-state index is 0.877. The molecule has 0 fully saturated rings. The summed E-state index contributed by atoms with van der Waals surface area (Å²) in [5, 5.41) is 5.56. The molecule has 0 radical (unpaired) electrons. The van der Waals surface area contributed by atoms with Crippen LogP contribution in [0, 0.1) is 13.8 Å². The van der Waals surface area contributed by atoms with Crippen LogP contribution < -0.4 is 5.32 Å². The first-order chi connectivity index (χ1) is 7.66. The molecule has 0 aliphatic carbocycles. The van der Waals surface area contributed by atoms with Gasteiger partial charge in [-0.25, -0.2) is 0 Å². The summed E-state index contributed by atoms with van der Waals surface area (Å²) in [5.41, 5.74) is 3.82. The van der Waals surface area contributed by atoms with E-state index in [0.717, 1.165) is 6.54 Å². The molecule has 0 spiro atoms. The van der Waals surface area contributed by atoms with Crippen LogP contribution in [0.15, 0.2) is 34.1 Å². The van der Waals surface area contributed by atoms with Crippen molar-refractivity contribution in [3.63, 3.8) is 0 Å². The summed E-state index contributed by atoms with van der Waals surface area (Å²) in [4.78, 5) is 1.33. The quantitative estimate of drug-likeness (QED) is 0.862.